The third-order valence-electron chi connectivity index (χ3n) is 3.58. The van der Waals surface area contributed by atoms with Gasteiger partial charge in [-0.1, -0.05) is 6.07 Å². The van der Waals surface area contributed by atoms with E-state index in [9.17, 15) is 4.79 Å². The van der Waals surface area contributed by atoms with Crippen molar-refractivity contribution in [3.8, 4) is 0 Å². The average molecular weight is 334 g/mol. The SMILES string of the molecule is Cc1ccc(Nc2cccc(C(=O)N3CCNCC3)c2)nn1.Cl. The lowest BCUT2D eigenvalue weighted by molar-refractivity contribution is 0.0736. The second kappa shape index (κ2) is 7.89. The van der Waals surface area contributed by atoms with E-state index in [2.05, 4.69) is 20.8 Å². The van der Waals surface area contributed by atoms with E-state index in [-0.39, 0.29) is 18.3 Å². The first kappa shape index (κ1) is 17.2. The number of hydrogen-bond acceptors (Lipinski definition) is 5. The first-order valence-corrected chi connectivity index (χ1v) is 7.40. The number of carbonyl (C=O) groups is 1. The Hall–Kier alpha value is -2.18. The topological polar surface area (TPSA) is 70.2 Å². The lowest BCUT2D eigenvalue weighted by Crippen LogP contribution is -2.46. The molecule has 6 nitrogen and oxygen atoms in total. The number of nitrogens with zero attached hydrogens (tertiary/aromatic N) is 3. The van der Waals surface area contributed by atoms with Gasteiger partial charge in [0.1, 0.15) is 0 Å². The van der Waals surface area contributed by atoms with E-state index in [1.54, 1.807) is 0 Å². The molecule has 1 aliphatic heterocycles. The van der Waals surface area contributed by atoms with Crippen molar-refractivity contribution >= 4 is 29.8 Å². The highest BCUT2D eigenvalue weighted by Crippen LogP contribution is 2.17. The molecule has 1 aromatic carbocycles. The molecule has 1 fully saturated rings. The molecule has 3 rings (SSSR count). The number of anilines is 2. The van der Waals surface area contributed by atoms with Gasteiger partial charge in [0.25, 0.3) is 5.91 Å². The third-order valence-corrected chi connectivity index (χ3v) is 3.58. The molecule has 2 aromatic rings. The summed E-state index contributed by atoms with van der Waals surface area (Å²) in [7, 11) is 0. The molecule has 1 aromatic heterocycles. The van der Waals surface area contributed by atoms with Gasteiger partial charge < -0.3 is 15.5 Å². The molecule has 0 aliphatic carbocycles. The second-order valence-electron chi connectivity index (χ2n) is 5.31. The number of aryl methyl sites for hydroxylation is 1. The summed E-state index contributed by atoms with van der Waals surface area (Å²) in [6, 6.07) is 11.2. The largest absolute Gasteiger partial charge is 0.339 e. The van der Waals surface area contributed by atoms with Crippen molar-refractivity contribution < 1.29 is 4.79 Å². The fourth-order valence-corrected chi connectivity index (χ4v) is 2.39. The second-order valence-corrected chi connectivity index (χ2v) is 5.31. The van der Waals surface area contributed by atoms with Crippen LogP contribution < -0.4 is 10.6 Å². The van der Waals surface area contributed by atoms with Crippen molar-refractivity contribution in [2.24, 2.45) is 0 Å². The molecule has 1 saturated heterocycles. The summed E-state index contributed by atoms with van der Waals surface area (Å²) in [6.45, 7) is 5.09. The predicted octanol–water partition coefficient (Wildman–Crippen LogP) is 2.00. The van der Waals surface area contributed by atoms with Crippen LogP contribution in [-0.2, 0) is 0 Å². The average Bonchev–Trinajstić information content (AvgIpc) is 2.57. The van der Waals surface area contributed by atoms with Crippen LogP contribution in [0.15, 0.2) is 36.4 Å². The lowest BCUT2D eigenvalue weighted by Gasteiger charge is -2.27. The Labute approximate surface area is 141 Å². The summed E-state index contributed by atoms with van der Waals surface area (Å²) in [5.41, 5.74) is 2.39. The van der Waals surface area contributed by atoms with Crippen LogP contribution in [0.5, 0.6) is 0 Å². The maximum Gasteiger partial charge on any atom is 0.254 e. The molecule has 2 heterocycles. The minimum Gasteiger partial charge on any atom is -0.339 e. The molecule has 1 aliphatic rings. The summed E-state index contributed by atoms with van der Waals surface area (Å²) < 4.78 is 0. The fourth-order valence-electron chi connectivity index (χ4n) is 2.39. The number of benzene rings is 1. The van der Waals surface area contributed by atoms with Gasteiger partial charge in [-0.2, -0.15) is 5.10 Å². The highest BCUT2D eigenvalue weighted by Gasteiger charge is 2.17. The number of carbonyl (C=O) groups excluding carboxylic acids is 1. The van der Waals surface area contributed by atoms with Crippen LogP contribution in [0, 0.1) is 6.92 Å². The van der Waals surface area contributed by atoms with E-state index >= 15 is 0 Å². The Morgan fingerprint density at radius 2 is 1.96 bits per heavy atom. The van der Waals surface area contributed by atoms with Gasteiger partial charge in [-0.15, -0.1) is 17.5 Å². The van der Waals surface area contributed by atoms with Gasteiger partial charge in [0.2, 0.25) is 0 Å². The minimum absolute atomic E-state index is 0. The summed E-state index contributed by atoms with van der Waals surface area (Å²) in [5.74, 6) is 0.734. The monoisotopic (exact) mass is 333 g/mol. The van der Waals surface area contributed by atoms with E-state index in [4.69, 9.17) is 0 Å². The van der Waals surface area contributed by atoms with Crippen molar-refractivity contribution in [3.05, 3.63) is 47.7 Å². The lowest BCUT2D eigenvalue weighted by atomic mass is 10.1. The van der Waals surface area contributed by atoms with Crippen LogP contribution in [0.4, 0.5) is 11.5 Å². The van der Waals surface area contributed by atoms with E-state index in [1.165, 1.54) is 0 Å². The van der Waals surface area contributed by atoms with Crippen LogP contribution in [0.25, 0.3) is 0 Å². The van der Waals surface area contributed by atoms with Crippen molar-refractivity contribution in [1.29, 1.82) is 0 Å². The molecular formula is C16H20ClN5O. The zero-order valence-corrected chi connectivity index (χ0v) is 13.8. The quantitative estimate of drug-likeness (QED) is 0.899. The van der Waals surface area contributed by atoms with Gasteiger partial charge >= 0.3 is 0 Å². The zero-order chi connectivity index (χ0) is 15.4. The number of amides is 1. The fraction of sp³-hybridized carbons (Fsp3) is 0.312. The van der Waals surface area contributed by atoms with Crippen LogP contribution in [0.1, 0.15) is 16.1 Å². The first-order valence-electron chi connectivity index (χ1n) is 7.40. The maximum atomic E-state index is 12.5. The molecule has 0 saturated carbocycles. The van der Waals surface area contributed by atoms with Crippen LogP contribution in [-0.4, -0.2) is 47.2 Å². The smallest absolute Gasteiger partial charge is 0.254 e. The first-order chi connectivity index (χ1) is 10.7. The highest BCUT2D eigenvalue weighted by atomic mass is 35.5. The van der Waals surface area contributed by atoms with Crippen molar-refractivity contribution in [1.82, 2.24) is 20.4 Å². The molecule has 0 unspecified atom stereocenters. The zero-order valence-electron chi connectivity index (χ0n) is 13.0. The number of rotatable bonds is 3. The van der Waals surface area contributed by atoms with Gasteiger partial charge in [-0.05, 0) is 37.3 Å². The van der Waals surface area contributed by atoms with Crippen LogP contribution >= 0.6 is 12.4 Å². The van der Waals surface area contributed by atoms with Crippen molar-refractivity contribution in [2.45, 2.75) is 6.92 Å². The van der Waals surface area contributed by atoms with Crippen molar-refractivity contribution in [2.75, 3.05) is 31.5 Å². The molecular weight excluding hydrogens is 314 g/mol. The molecule has 0 bridgehead atoms. The Balaban J connectivity index is 0.00000192. The molecule has 0 atom stereocenters. The molecule has 23 heavy (non-hydrogen) atoms. The van der Waals surface area contributed by atoms with Gasteiger partial charge in [-0.25, -0.2) is 0 Å². The van der Waals surface area contributed by atoms with Gasteiger partial charge in [0.05, 0.1) is 5.69 Å². The molecule has 0 spiro atoms. The Morgan fingerprint density at radius 3 is 2.65 bits per heavy atom. The van der Waals surface area contributed by atoms with E-state index in [0.717, 1.165) is 37.6 Å². The molecule has 122 valence electrons. The number of hydrogen-bond donors (Lipinski definition) is 2. The molecule has 1 amide bonds. The van der Waals surface area contributed by atoms with Gasteiger partial charge in [-0.3, -0.25) is 4.79 Å². The molecule has 0 radical (unpaired) electrons. The Morgan fingerprint density at radius 1 is 1.17 bits per heavy atom. The number of nitrogens with one attached hydrogen (secondary N) is 2. The summed E-state index contributed by atoms with van der Waals surface area (Å²) in [4.78, 5) is 14.4. The van der Waals surface area contributed by atoms with Gasteiger partial charge in [0.15, 0.2) is 5.82 Å². The normalized spacial score (nSPS) is 14.0. The summed E-state index contributed by atoms with van der Waals surface area (Å²) >= 11 is 0. The predicted molar refractivity (Wildman–Crippen MR) is 92.5 cm³/mol. The Bertz CT molecular complexity index is 656. The van der Waals surface area contributed by atoms with E-state index in [1.807, 2.05) is 48.2 Å². The number of piperazine rings is 1. The van der Waals surface area contributed by atoms with E-state index < -0.39 is 0 Å². The standard InChI is InChI=1S/C16H19N5O.ClH/c1-12-5-6-15(20-19-12)18-14-4-2-3-13(11-14)16(22)21-9-7-17-8-10-21;/h2-6,11,17H,7-10H2,1H3,(H,18,20);1H. The molecule has 7 heteroatoms. The van der Waals surface area contributed by atoms with E-state index in [0.29, 0.717) is 11.4 Å². The number of aromatic nitrogens is 2. The van der Waals surface area contributed by atoms with Crippen LogP contribution in [0.3, 0.4) is 0 Å². The maximum absolute atomic E-state index is 12.5. The van der Waals surface area contributed by atoms with Crippen molar-refractivity contribution in [3.63, 3.8) is 0 Å². The highest BCUT2D eigenvalue weighted by molar-refractivity contribution is 5.95. The number of halogens is 1. The van der Waals surface area contributed by atoms with Gasteiger partial charge in [0, 0.05) is 37.4 Å². The third kappa shape index (κ3) is 4.40. The molecule has 2 N–H and O–H groups in total. The van der Waals surface area contributed by atoms with Crippen LogP contribution in [0.2, 0.25) is 0 Å². The summed E-state index contributed by atoms with van der Waals surface area (Å²) in [6.07, 6.45) is 0. The minimum atomic E-state index is 0. The Kier molecular flexibility index (Phi) is 5.90. The summed E-state index contributed by atoms with van der Waals surface area (Å²) in [5, 5.41) is 14.5.